The lowest BCUT2D eigenvalue weighted by molar-refractivity contribution is 0.322. The Kier molecular flexibility index (Phi) is 6.10. The van der Waals surface area contributed by atoms with E-state index in [2.05, 4.69) is 60.6 Å². The van der Waals surface area contributed by atoms with Gasteiger partial charge in [-0.1, -0.05) is 43.3 Å². The van der Waals surface area contributed by atoms with Crippen LogP contribution in [0, 0.1) is 0 Å². The van der Waals surface area contributed by atoms with Crippen LogP contribution in [0.15, 0.2) is 54.6 Å². The second-order valence-corrected chi connectivity index (χ2v) is 4.99. The van der Waals surface area contributed by atoms with Gasteiger partial charge in [0.2, 0.25) is 0 Å². The van der Waals surface area contributed by atoms with Crippen molar-refractivity contribution in [3.05, 3.63) is 60.2 Å². The average Bonchev–Trinajstić information content (AvgIpc) is 2.54. The number of rotatable bonds is 8. The van der Waals surface area contributed by atoms with Gasteiger partial charge in [-0.15, -0.1) is 0 Å². The van der Waals surface area contributed by atoms with Crippen molar-refractivity contribution < 1.29 is 4.74 Å². The smallest absolute Gasteiger partial charge is 0.123 e. The Balaban J connectivity index is 1.86. The topological polar surface area (TPSA) is 24.5 Å². The standard InChI is InChI=1S/C18H24N2O/c1-3-19-15-16-9-7-8-12-18(16)21-14-13-20(2)17-10-5-4-6-11-17/h4-12,19H,3,13-15H2,1-2H3. The molecule has 0 amide bonds. The van der Waals surface area contributed by atoms with Crippen molar-refractivity contribution in [2.75, 3.05) is 31.6 Å². The van der Waals surface area contributed by atoms with E-state index >= 15 is 0 Å². The van der Waals surface area contributed by atoms with Crippen LogP contribution in [0.5, 0.6) is 5.75 Å². The molecular formula is C18H24N2O. The highest BCUT2D eigenvalue weighted by Crippen LogP contribution is 2.18. The van der Waals surface area contributed by atoms with Gasteiger partial charge in [0.15, 0.2) is 0 Å². The number of ether oxygens (including phenoxy) is 1. The highest BCUT2D eigenvalue weighted by atomic mass is 16.5. The highest BCUT2D eigenvalue weighted by molar-refractivity contribution is 5.45. The van der Waals surface area contributed by atoms with Crippen LogP contribution in [0.1, 0.15) is 12.5 Å². The first kappa shape index (κ1) is 15.4. The first-order chi connectivity index (χ1) is 10.3. The molecule has 0 saturated carbocycles. The predicted octanol–water partition coefficient (Wildman–Crippen LogP) is 3.31. The Morgan fingerprint density at radius 2 is 1.71 bits per heavy atom. The van der Waals surface area contributed by atoms with Crippen molar-refractivity contribution in [2.45, 2.75) is 13.5 Å². The van der Waals surface area contributed by atoms with Gasteiger partial charge in [0.25, 0.3) is 0 Å². The van der Waals surface area contributed by atoms with Crippen LogP contribution in [0.2, 0.25) is 0 Å². The first-order valence-electron chi connectivity index (χ1n) is 7.49. The molecule has 0 fully saturated rings. The Hall–Kier alpha value is -2.00. The number of para-hydroxylation sites is 2. The summed E-state index contributed by atoms with van der Waals surface area (Å²) in [6.45, 7) is 5.46. The number of nitrogens with one attached hydrogen (secondary N) is 1. The minimum absolute atomic E-state index is 0.675. The first-order valence-corrected chi connectivity index (χ1v) is 7.49. The Labute approximate surface area is 127 Å². The van der Waals surface area contributed by atoms with Gasteiger partial charge in [0.1, 0.15) is 12.4 Å². The van der Waals surface area contributed by atoms with E-state index in [1.165, 1.54) is 11.3 Å². The van der Waals surface area contributed by atoms with E-state index in [-0.39, 0.29) is 0 Å². The lowest BCUT2D eigenvalue weighted by Crippen LogP contribution is -2.24. The molecule has 0 atom stereocenters. The quantitative estimate of drug-likeness (QED) is 0.805. The third kappa shape index (κ3) is 4.80. The summed E-state index contributed by atoms with van der Waals surface area (Å²) in [7, 11) is 2.09. The van der Waals surface area contributed by atoms with Gasteiger partial charge in [-0.25, -0.2) is 0 Å². The minimum Gasteiger partial charge on any atom is -0.491 e. The molecular weight excluding hydrogens is 260 g/mol. The van der Waals surface area contributed by atoms with E-state index in [9.17, 15) is 0 Å². The van der Waals surface area contributed by atoms with Crippen molar-refractivity contribution in [1.82, 2.24) is 5.32 Å². The molecule has 21 heavy (non-hydrogen) atoms. The second kappa shape index (κ2) is 8.32. The number of nitrogens with zero attached hydrogens (tertiary/aromatic N) is 1. The molecule has 0 aliphatic rings. The van der Waals surface area contributed by atoms with Gasteiger partial charge < -0.3 is 15.0 Å². The van der Waals surface area contributed by atoms with Crippen molar-refractivity contribution in [1.29, 1.82) is 0 Å². The van der Waals surface area contributed by atoms with Crippen LogP contribution in [0.4, 0.5) is 5.69 Å². The van der Waals surface area contributed by atoms with E-state index in [0.717, 1.165) is 25.4 Å². The fraction of sp³-hybridized carbons (Fsp3) is 0.333. The van der Waals surface area contributed by atoms with Crippen molar-refractivity contribution in [3.63, 3.8) is 0 Å². The van der Waals surface area contributed by atoms with Crippen LogP contribution in [-0.2, 0) is 6.54 Å². The molecule has 2 aromatic rings. The summed E-state index contributed by atoms with van der Waals surface area (Å²) in [6.07, 6.45) is 0. The van der Waals surface area contributed by atoms with E-state index in [0.29, 0.717) is 6.61 Å². The molecule has 0 spiro atoms. The maximum atomic E-state index is 5.94. The fourth-order valence-corrected chi connectivity index (χ4v) is 2.15. The normalized spacial score (nSPS) is 10.4. The summed E-state index contributed by atoms with van der Waals surface area (Å²) in [6, 6.07) is 18.6. The van der Waals surface area contributed by atoms with E-state index in [1.54, 1.807) is 0 Å². The highest BCUT2D eigenvalue weighted by Gasteiger charge is 2.04. The van der Waals surface area contributed by atoms with E-state index < -0.39 is 0 Å². The SMILES string of the molecule is CCNCc1ccccc1OCCN(C)c1ccccc1. The Bertz CT molecular complexity index is 528. The number of benzene rings is 2. The molecule has 2 rings (SSSR count). The molecule has 0 heterocycles. The van der Waals surface area contributed by atoms with Gasteiger partial charge in [0, 0.05) is 24.8 Å². The fourth-order valence-electron chi connectivity index (χ4n) is 2.15. The largest absolute Gasteiger partial charge is 0.491 e. The van der Waals surface area contributed by atoms with Gasteiger partial charge in [-0.3, -0.25) is 0 Å². The number of likely N-dealkylation sites (N-methyl/N-ethyl adjacent to an activating group) is 1. The maximum absolute atomic E-state index is 5.94. The zero-order valence-corrected chi connectivity index (χ0v) is 12.9. The van der Waals surface area contributed by atoms with Crippen molar-refractivity contribution in [2.24, 2.45) is 0 Å². The van der Waals surface area contributed by atoms with Crippen molar-refractivity contribution in [3.8, 4) is 5.75 Å². The van der Waals surface area contributed by atoms with Crippen LogP contribution >= 0.6 is 0 Å². The summed E-state index contributed by atoms with van der Waals surface area (Å²) >= 11 is 0. The molecule has 0 radical (unpaired) electrons. The maximum Gasteiger partial charge on any atom is 0.123 e. The summed E-state index contributed by atoms with van der Waals surface area (Å²) < 4.78 is 5.94. The van der Waals surface area contributed by atoms with Gasteiger partial charge >= 0.3 is 0 Å². The molecule has 3 nitrogen and oxygen atoms in total. The zero-order chi connectivity index (χ0) is 14.9. The summed E-state index contributed by atoms with van der Waals surface area (Å²) in [5, 5.41) is 3.34. The molecule has 2 aromatic carbocycles. The van der Waals surface area contributed by atoms with E-state index in [4.69, 9.17) is 4.74 Å². The number of hydrogen-bond acceptors (Lipinski definition) is 3. The lowest BCUT2D eigenvalue weighted by Gasteiger charge is -2.20. The van der Waals surface area contributed by atoms with Crippen LogP contribution < -0.4 is 15.0 Å². The lowest BCUT2D eigenvalue weighted by atomic mass is 10.2. The molecule has 0 saturated heterocycles. The van der Waals surface area contributed by atoms with Gasteiger partial charge in [0.05, 0.1) is 6.54 Å². The molecule has 0 aliphatic carbocycles. The summed E-state index contributed by atoms with van der Waals surface area (Å²) in [5.74, 6) is 0.972. The average molecular weight is 284 g/mol. The van der Waals surface area contributed by atoms with Crippen LogP contribution in [0.3, 0.4) is 0 Å². The molecule has 0 bridgehead atoms. The van der Waals surface area contributed by atoms with E-state index in [1.807, 2.05) is 18.2 Å². The van der Waals surface area contributed by atoms with Gasteiger partial charge in [-0.2, -0.15) is 0 Å². The molecule has 0 aromatic heterocycles. The molecule has 112 valence electrons. The van der Waals surface area contributed by atoms with Gasteiger partial charge in [-0.05, 0) is 24.7 Å². The molecule has 0 aliphatic heterocycles. The van der Waals surface area contributed by atoms with Crippen LogP contribution in [-0.4, -0.2) is 26.7 Å². The summed E-state index contributed by atoms with van der Waals surface area (Å²) in [5.41, 5.74) is 2.42. The zero-order valence-electron chi connectivity index (χ0n) is 12.9. The summed E-state index contributed by atoms with van der Waals surface area (Å²) in [4.78, 5) is 2.20. The monoisotopic (exact) mass is 284 g/mol. The van der Waals surface area contributed by atoms with Crippen LogP contribution in [0.25, 0.3) is 0 Å². The minimum atomic E-state index is 0.675. The molecule has 3 heteroatoms. The molecule has 1 N–H and O–H groups in total. The predicted molar refractivity (Wildman–Crippen MR) is 89.0 cm³/mol. The Morgan fingerprint density at radius 3 is 2.48 bits per heavy atom. The Morgan fingerprint density at radius 1 is 1.00 bits per heavy atom. The van der Waals surface area contributed by atoms with Crippen molar-refractivity contribution >= 4 is 5.69 Å². The second-order valence-electron chi connectivity index (χ2n) is 4.99. The third-order valence-electron chi connectivity index (χ3n) is 3.42. The number of anilines is 1. The third-order valence-corrected chi connectivity index (χ3v) is 3.42. The number of hydrogen-bond donors (Lipinski definition) is 1. The molecule has 0 unspecified atom stereocenters.